The molecule has 1 fully saturated rings. The number of para-hydroxylation sites is 1. The van der Waals surface area contributed by atoms with Crippen LogP contribution in [0.4, 0.5) is 0 Å². The predicted octanol–water partition coefficient (Wildman–Crippen LogP) is 3.28. The van der Waals surface area contributed by atoms with Crippen LogP contribution in [0.15, 0.2) is 62.9 Å². The summed E-state index contributed by atoms with van der Waals surface area (Å²) in [5, 5.41) is 9.21. The van der Waals surface area contributed by atoms with Gasteiger partial charge in [-0.15, -0.1) is 10.2 Å². The number of aromatic nitrogens is 3. The van der Waals surface area contributed by atoms with E-state index in [9.17, 15) is 9.59 Å². The minimum Gasteiger partial charge on any atom is -0.459 e. The quantitative estimate of drug-likeness (QED) is 0.464. The summed E-state index contributed by atoms with van der Waals surface area (Å²) in [7, 11) is 0. The number of hydrogen-bond acceptors (Lipinski definition) is 7. The van der Waals surface area contributed by atoms with Crippen LogP contribution in [-0.4, -0.2) is 68.2 Å². The fourth-order valence-electron chi connectivity index (χ4n) is 3.76. The second-order valence-electron chi connectivity index (χ2n) is 7.48. The molecule has 1 saturated heterocycles. The molecule has 9 nitrogen and oxygen atoms in total. The normalized spacial score (nSPS) is 15.3. The Labute approximate surface area is 187 Å². The fourth-order valence-corrected chi connectivity index (χ4v) is 4.53. The average molecular weight is 452 g/mol. The number of amides is 2. The molecule has 1 atom stereocenters. The van der Waals surface area contributed by atoms with Crippen LogP contribution in [-0.2, 0) is 4.79 Å². The Morgan fingerprint density at radius 1 is 1.06 bits per heavy atom. The second-order valence-corrected chi connectivity index (χ2v) is 8.77. The van der Waals surface area contributed by atoms with Crippen molar-refractivity contribution in [3.05, 3.63) is 54.6 Å². The lowest BCUT2D eigenvalue weighted by atomic mass is 10.2. The Morgan fingerprint density at radius 3 is 2.62 bits per heavy atom. The number of fused-ring (bicyclic) bond motifs is 1. The van der Waals surface area contributed by atoms with Gasteiger partial charge in [0.05, 0.1) is 17.1 Å². The van der Waals surface area contributed by atoms with Gasteiger partial charge in [-0.1, -0.05) is 30.0 Å². The topological polar surface area (TPSA) is 108 Å². The van der Waals surface area contributed by atoms with Crippen LogP contribution in [0.3, 0.4) is 0 Å². The molecule has 10 heteroatoms. The second kappa shape index (κ2) is 8.54. The summed E-state index contributed by atoms with van der Waals surface area (Å²) in [6, 6.07) is 11.2. The number of carbonyl (C=O) groups excluding carboxylic acids is 2. The molecule has 4 aromatic rings. The molecule has 1 aliphatic heterocycles. The number of hydrogen-bond donors (Lipinski definition) is 1. The van der Waals surface area contributed by atoms with E-state index in [2.05, 4.69) is 15.2 Å². The first-order valence-electron chi connectivity index (χ1n) is 10.3. The largest absolute Gasteiger partial charge is 0.459 e. The molecule has 4 heterocycles. The number of aromatic amines is 1. The number of carbonyl (C=O) groups is 2. The zero-order valence-corrected chi connectivity index (χ0v) is 18.2. The first kappa shape index (κ1) is 20.4. The van der Waals surface area contributed by atoms with Crippen molar-refractivity contribution in [2.24, 2.45) is 0 Å². The van der Waals surface area contributed by atoms with Crippen molar-refractivity contribution in [1.82, 2.24) is 25.0 Å². The monoisotopic (exact) mass is 451 g/mol. The van der Waals surface area contributed by atoms with Gasteiger partial charge >= 0.3 is 0 Å². The number of nitrogens with one attached hydrogen (secondary N) is 1. The highest BCUT2D eigenvalue weighted by atomic mass is 32.2. The number of rotatable bonds is 5. The molecule has 0 radical (unpaired) electrons. The van der Waals surface area contributed by atoms with Crippen molar-refractivity contribution < 1.29 is 18.4 Å². The summed E-state index contributed by atoms with van der Waals surface area (Å²) in [5.41, 5.74) is 1.82. The highest BCUT2D eigenvalue weighted by Crippen LogP contribution is 2.31. The number of nitrogens with zero attached hydrogens (tertiary/aromatic N) is 4. The lowest BCUT2D eigenvalue weighted by Gasteiger charge is -2.35. The van der Waals surface area contributed by atoms with Crippen LogP contribution in [0.2, 0.25) is 0 Å². The third kappa shape index (κ3) is 3.89. The number of thioether (sulfide) groups is 1. The summed E-state index contributed by atoms with van der Waals surface area (Å²) in [4.78, 5) is 31.9. The average Bonchev–Trinajstić information content (AvgIpc) is 3.58. The maximum absolute atomic E-state index is 12.9. The van der Waals surface area contributed by atoms with Crippen molar-refractivity contribution in [1.29, 1.82) is 0 Å². The standard InChI is InChI=1S/C22H21N5O4S/c1-14(20(28)26-8-10-27(11-9-26)21(29)18-7-4-12-30-18)32-22-25-24-19(31-22)16-13-23-17-6-3-2-5-15(16)17/h2-7,12-14,23H,8-11H2,1H3/t14-/m1/s1. The molecular weight excluding hydrogens is 430 g/mol. The number of piperazine rings is 1. The van der Waals surface area contributed by atoms with Crippen LogP contribution in [0, 0.1) is 0 Å². The lowest BCUT2D eigenvalue weighted by Crippen LogP contribution is -2.52. The van der Waals surface area contributed by atoms with Crippen LogP contribution in [0.1, 0.15) is 17.5 Å². The Hall–Kier alpha value is -3.53. The van der Waals surface area contributed by atoms with E-state index in [1.807, 2.05) is 37.4 Å². The van der Waals surface area contributed by atoms with Crippen LogP contribution >= 0.6 is 11.8 Å². The van der Waals surface area contributed by atoms with Crippen LogP contribution in [0.5, 0.6) is 0 Å². The molecule has 1 N–H and O–H groups in total. The lowest BCUT2D eigenvalue weighted by molar-refractivity contribution is -0.131. The summed E-state index contributed by atoms with van der Waals surface area (Å²) < 4.78 is 11.0. The fraction of sp³-hybridized carbons (Fsp3) is 0.273. The van der Waals surface area contributed by atoms with Gasteiger partial charge in [-0.3, -0.25) is 9.59 Å². The van der Waals surface area contributed by atoms with Gasteiger partial charge < -0.3 is 23.6 Å². The molecule has 0 unspecified atom stereocenters. The number of benzene rings is 1. The summed E-state index contributed by atoms with van der Waals surface area (Å²) in [5.74, 6) is 0.554. The van der Waals surface area contributed by atoms with E-state index < -0.39 is 5.25 Å². The van der Waals surface area contributed by atoms with E-state index in [1.54, 1.807) is 21.9 Å². The molecule has 164 valence electrons. The van der Waals surface area contributed by atoms with Crippen molar-refractivity contribution in [3.8, 4) is 11.5 Å². The van der Waals surface area contributed by atoms with Gasteiger partial charge in [-0.25, -0.2) is 0 Å². The molecule has 0 aliphatic carbocycles. The van der Waals surface area contributed by atoms with E-state index in [1.165, 1.54) is 18.0 Å². The minimum absolute atomic E-state index is 0.0214. The summed E-state index contributed by atoms with van der Waals surface area (Å²) in [6.45, 7) is 3.70. The van der Waals surface area contributed by atoms with Crippen molar-refractivity contribution in [3.63, 3.8) is 0 Å². The number of furan rings is 1. The number of H-pyrrole nitrogens is 1. The van der Waals surface area contributed by atoms with Crippen molar-refractivity contribution in [2.45, 2.75) is 17.4 Å². The van der Waals surface area contributed by atoms with Gasteiger partial charge in [-0.2, -0.15) is 0 Å². The van der Waals surface area contributed by atoms with Crippen molar-refractivity contribution in [2.75, 3.05) is 26.2 Å². The zero-order chi connectivity index (χ0) is 22.1. The molecule has 1 aliphatic rings. The third-order valence-electron chi connectivity index (χ3n) is 5.46. The van der Waals surface area contributed by atoms with Crippen LogP contribution in [0.25, 0.3) is 22.4 Å². The maximum atomic E-state index is 12.9. The molecule has 1 aromatic carbocycles. The smallest absolute Gasteiger partial charge is 0.289 e. The van der Waals surface area contributed by atoms with Gasteiger partial charge in [0.15, 0.2) is 5.76 Å². The van der Waals surface area contributed by atoms with E-state index in [4.69, 9.17) is 8.83 Å². The third-order valence-corrected chi connectivity index (χ3v) is 6.38. The predicted molar refractivity (Wildman–Crippen MR) is 118 cm³/mol. The Bertz CT molecular complexity index is 1240. The highest BCUT2D eigenvalue weighted by molar-refractivity contribution is 8.00. The van der Waals surface area contributed by atoms with Crippen LogP contribution < -0.4 is 0 Å². The van der Waals surface area contributed by atoms with E-state index in [0.717, 1.165) is 16.5 Å². The molecule has 3 aromatic heterocycles. The Kier molecular flexibility index (Phi) is 5.44. The molecule has 2 amide bonds. The molecule has 0 spiro atoms. The zero-order valence-electron chi connectivity index (χ0n) is 17.4. The van der Waals surface area contributed by atoms with E-state index in [-0.39, 0.29) is 11.8 Å². The van der Waals surface area contributed by atoms with Gasteiger partial charge in [0.25, 0.3) is 17.0 Å². The van der Waals surface area contributed by atoms with Gasteiger partial charge in [0, 0.05) is 43.3 Å². The first-order chi connectivity index (χ1) is 15.6. The molecule has 5 rings (SSSR count). The maximum Gasteiger partial charge on any atom is 0.289 e. The summed E-state index contributed by atoms with van der Waals surface area (Å²) in [6.07, 6.45) is 3.32. The first-order valence-corrected chi connectivity index (χ1v) is 11.2. The molecule has 0 bridgehead atoms. The Morgan fingerprint density at radius 2 is 1.84 bits per heavy atom. The van der Waals surface area contributed by atoms with Crippen molar-refractivity contribution >= 4 is 34.5 Å². The van der Waals surface area contributed by atoms with Gasteiger partial charge in [0.2, 0.25) is 5.91 Å². The van der Waals surface area contributed by atoms with Gasteiger partial charge in [-0.05, 0) is 25.1 Å². The SMILES string of the molecule is C[C@@H](Sc1nnc(-c2c[nH]c3ccccc23)o1)C(=O)N1CCN(C(=O)c2ccco2)CC1. The van der Waals surface area contributed by atoms with Gasteiger partial charge in [0.1, 0.15) is 0 Å². The molecule has 32 heavy (non-hydrogen) atoms. The minimum atomic E-state index is -0.390. The Balaban J connectivity index is 1.19. The highest BCUT2D eigenvalue weighted by Gasteiger charge is 2.29. The summed E-state index contributed by atoms with van der Waals surface area (Å²) >= 11 is 1.24. The molecule has 0 saturated carbocycles. The molecular formula is C22H21N5O4S. The van der Waals surface area contributed by atoms with E-state index in [0.29, 0.717) is 43.1 Å². The van der Waals surface area contributed by atoms with E-state index >= 15 is 0 Å².